The van der Waals surface area contributed by atoms with Gasteiger partial charge in [-0.2, -0.15) is 0 Å². The van der Waals surface area contributed by atoms with Gasteiger partial charge in [0.25, 0.3) is 0 Å². The second kappa shape index (κ2) is 13.5. The van der Waals surface area contributed by atoms with Crippen molar-refractivity contribution in [3.63, 3.8) is 0 Å². The van der Waals surface area contributed by atoms with Crippen LogP contribution in [-0.2, 0) is 5.60 Å². The molecule has 2 atom stereocenters. The van der Waals surface area contributed by atoms with E-state index in [2.05, 4.69) is 19.9 Å². The average Bonchev–Trinajstić information content (AvgIpc) is 3.36. The monoisotopic (exact) mass is 450 g/mol. The fourth-order valence-electron chi connectivity index (χ4n) is 4.48. The molecule has 0 saturated carbocycles. The zero-order valence-corrected chi connectivity index (χ0v) is 20.9. The van der Waals surface area contributed by atoms with E-state index < -0.39 is 5.60 Å². The first kappa shape index (κ1) is 25.4. The van der Waals surface area contributed by atoms with E-state index >= 15 is 0 Å². The van der Waals surface area contributed by atoms with Crippen LogP contribution in [0.2, 0.25) is 0 Å². The van der Waals surface area contributed by atoms with Gasteiger partial charge in [-0.05, 0) is 42.2 Å². The molecule has 0 aliphatic carbocycles. The summed E-state index contributed by atoms with van der Waals surface area (Å²) in [6, 6.07) is 3.80. The second-order valence-corrected chi connectivity index (χ2v) is 10.9. The summed E-state index contributed by atoms with van der Waals surface area (Å²) < 4.78 is 0. The zero-order chi connectivity index (χ0) is 21.8. The van der Waals surface area contributed by atoms with Gasteiger partial charge in [0.2, 0.25) is 0 Å². The highest BCUT2D eigenvalue weighted by Crippen LogP contribution is 2.45. The molecule has 0 saturated heterocycles. The van der Waals surface area contributed by atoms with Gasteiger partial charge >= 0.3 is 0 Å². The van der Waals surface area contributed by atoms with Crippen LogP contribution in [0.25, 0.3) is 9.75 Å². The van der Waals surface area contributed by atoms with E-state index in [4.69, 9.17) is 0 Å². The number of rotatable bonds is 16. The smallest absolute Gasteiger partial charge is 0.135 e. The number of hydrogen-bond acceptors (Lipinski definition) is 4. The molecule has 170 valence electrons. The number of hydrogen-bond donors (Lipinski definition) is 2. The molecular formula is C26H42O2S2. The van der Waals surface area contributed by atoms with Crippen molar-refractivity contribution in [1.82, 2.24) is 0 Å². The van der Waals surface area contributed by atoms with Gasteiger partial charge in [0.15, 0.2) is 0 Å². The Morgan fingerprint density at radius 3 is 1.93 bits per heavy atom. The summed E-state index contributed by atoms with van der Waals surface area (Å²) in [6.45, 7) is 6.50. The van der Waals surface area contributed by atoms with Crippen LogP contribution in [0.4, 0.5) is 0 Å². The SMILES string of the molecule is CCCCCCCCC(CCCCCC)CC(C)(O)c1ccsc1-c1sccc1O. The number of aliphatic hydroxyl groups is 1. The van der Waals surface area contributed by atoms with Gasteiger partial charge in [0.05, 0.1) is 15.4 Å². The molecule has 4 heteroatoms. The molecule has 2 nitrogen and oxygen atoms in total. The third-order valence-electron chi connectivity index (χ3n) is 6.21. The molecule has 0 aliphatic rings. The summed E-state index contributed by atoms with van der Waals surface area (Å²) in [7, 11) is 0. The van der Waals surface area contributed by atoms with Crippen LogP contribution in [0, 0.1) is 5.92 Å². The summed E-state index contributed by atoms with van der Waals surface area (Å²) in [5.41, 5.74) is 0.121. The van der Waals surface area contributed by atoms with Gasteiger partial charge in [-0.25, -0.2) is 0 Å². The van der Waals surface area contributed by atoms with Crippen molar-refractivity contribution in [3.05, 3.63) is 28.5 Å². The Morgan fingerprint density at radius 2 is 1.33 bits per heavy atom. The highest BCUT2D eigenvalue weighted by molar-refractivity contribution is 7.20. The minimum Gasteiger partial charge on any atom is -0.506 e. The molecule has 0 spiro atoms. The fraction of sp³-hybridized carbons (Fsp3) is 0.692. The molecule has 0 aromatic carbocycles. The Labute approximate surface area is 192 Å². The van der Waals surface area contributed by atoms with Crippen molar-refractivity contribution in [2.75, 3.05) is 0 Å². The Bertz CT molecular complexity index is 701. The highest BCUT2D eigenvalue weighted by Gasteiger charge is 2.31. The normalized spacial score (nSPS) is 14.7. The predicted molar refractivity (Wildman–Crippen MR) is 134 cm³/mol. The molecule has 2 heterocycles. The maximum Gasteiger partial charge on any atom is 0.135 e. The largest absolute Gasteiger partial charge is 0.506 e. The van der Waals surface area contributed by atoms with E-state index in [1.807, 2.05) is 17.7 Å². The molecule has 0 fully saturated rings. The minimum absolute atomic E-state index is 0.322. The van der Waals surface area contributed by atoms with Crippen LogP contribution >= 0.6 is 22.7 Å². The highest BCUT2D eigenvalue weighted by atomic mass is 32.1. The van der Waals surface area contributed by atoms with E-state index in [0.29, 0.717) is 11.7 Å². The zero-order valence-electron chi connectivity index (χ0n) is 19.3. The van der Waals surface area contributed by atoms with Crippen LogP contribution in [0.15, 0.2) is 22.9 Å². The van der Waals surface area contributed by atoms with E-state index in [0.717, 1.165) is 21.7 Å². The standard InChI is InChI=1S/C26H42O2S2/c1-4-6-8-10-11-13-15-21(14-12-9-7-5-2)20-26(3,28)22-16-18-29-24(22)25-23(27)17-19-30-25/h16-19,21,27-28H,4-15,20H2,1-3H3. The predicted octanol–water partition coefficient (Wildman–Crippen LogP) is 9.12. The number of unbranched alkanes of at least 4 members (excludes halogenated alkanes) is 8. The number of aromatic hydroxyl groups is 1. The molecule has 2 N–H and O–H groups in total. The molecule has 2 aromatic heterocycles. The molecule has 2 unspecified atom stereocenters. The van der Waals surface area contributed by atoms with Crippen molar-refractivity contribution < 1.29 is 10.2 Å². The maximum atomic E-state index is 11.5. The van der Waals surface area contributed by atoms with Crippen molar-refractivity contribution in [2.45, 2.75) is 110 Å². The van der Waals surface area contributed by atoms with Gasteiger partial charge in [0.1, 0.15) is 5.75 Å². The van der Waals surface area contributed by atoms with E-state index in [-0.39, 0.29) is 0 Å². The third kappa shape index (κ3) is 8.01. The summed E-state index contributed by atoms with van der Waals surface area (Å²) in [5.74, 6) is 0.885. The lowest BCUT2D eigenvalue weighted by Crippen LogP contribution is -2.25. The van der Waals surface area contributed by atoms with E-state index in [9.17, 15) is 10.2 Å². The lowest BCUT2D eigenvalue weighted by atomic mass is 9.81. The fourth-order valence-corrected chi connectivity index (χ4v) is 6.47. The van der Waals surface area contributed by atoms with Crippen molar-refractivity contribution in [2.24, 2.45) is 5.92 Å². The first-order valence-corrected chi connectivity index (χ1v) is 13.8. The lowest BCUT2D eigenvalue weighted by Gasteiger charge is -2.29. The molecule has 0 radical (unpaired) electrons. The Balaban J connectivity index is 2.01. The molecule has 30 heavy (non-hydrogen) atoms. The summed E-state index contributed by atoms with van der Waals surface area (Å²) in [4.78, 5) is 1.91. The van der Waals surface area contributed by atoms with Crippen LogP contribution in [0.3, 0.4) is 0 Å². The second-order valence-electron chi connectivity index (χ2n) is 9.05. The molecular weight excluding hydrogens is 408 g/mol. The van der Waals surface area contributed by atoms with Gasteiger partial charge in [-0.15, -0.1) is 22.7 Å². The van der Waals surface area contributed by atoms with Crippen LogP contribution in [0.5, 0.6) is 5.75 Å². The van der Waals surface area contributed by atoms with Gasteiger partial charge in [0, 0.05) is 5.56 Å². The van der Waals surface area contributed by atoms with Gasteiger partial charge in [-0.1, -0.05) is 90.9 Å². The summed E-state index contributed by atoms with van der Waals surface area (Å²) in [6.07, 6.45) is 16.4. The molecule has 2 aromatic rings. The third-order valence-corrected chi connectivity index (χ3v) is 8.20. The first-order valence-electron chi connectivity index (χ1n) is 12.1. The van der Waals surface area contributed by atoms with Crippen molar-refractivity contribution in [1.29, 1.82) is 0 Å². The summed E-state index contributed by atoms with van der Waals surface area (Å²) in [5, 5.41) is 25.7. The van der Waals surface area contributed by atoms with Crippen LogP contribution in [-0.4, -0.2) is 10.2 Å². The Kier molecular flexibility index (Phi) is 11.5. The minimum atomic E-state index is -0.858. The summed E-state index contributed by atoms with van der Waals surface area (Å²) >= 11 is 3.17. The first-order chi connectivity index (χ1) is 14.5. The Morgan fingerprint density at radius 1 is 0.800 bits per heavy atom. The van der Waals surface area contributed by atoms with Crippen LogP contribution in [0.1, 0.15) is 110 Å². The Hall–Kier alpha value is -0.840. The molecule has 0 bridgehead atoms. The van der Waals surface area contributed by atoms with Gasteiger partial charge < -0.3 is 10.2 Å². The van der Waals surface area contributed by atoms with E-state index in [1.54, 1.807) is 28.7 Å². The quantitative estimate of drug-likeness (QED) is 0.250. The van der Waals surface area contributed by atoms with Crippen molar-refractivity contribution in [3.8, 4) is 15.5 Å². The topological polar surface area (TPSA) is 40.5 Å². The lowest BCUT2D eigenvalue weighted by molar-refractivity contribution is 0.0271. The average molecular weight is 451 g/mol. The maximum absolute atomic E-state index is 11.5. The van der Waals surface area contributed by atoms with E-state index in [1.165, 1.54) is 77.0 Å². The molecule has 0 aliphatic heterocycles. The van der Waals surface area contributed by atoms with Crippen molar-refractivity contribution >= 4 is 22.7 Å². The molecule has 2 rings (SSSR count). The molecule has 0 amide bonds. The van der Waals surface area contributed by atoms with Crippen LogP contribution < -0.4 is 0 Å². The number of thiophene rings is 2. The van der Waals surface area contributed by atoms with Gasteiger partial charge in [-0.3, -0.25) is 0 Å².